The van der Waals surface area contributed by atoms with Gasteiger partial charge in [-0.1, -0.05) is 12.1 Å². The Hall–Kier alpha value is -3.85. The van der Waals surface area contributed by atoms with Crippen molar-refractivity contribution in [2.24, 2.45) is 0 Å². The van der Waals surface area contributed by atoms with Gasteiger partial charge in [0.2, 0.25) is 12.7 Å². The van der Waals surface area contributed by atoms with E-state index in [4.69, 9.17) is 14.2 Å². The molecule has 0 radical (unpaired) electrons. The van der Waals surface area contributed by atoms with Gasteiger partial charge in [-0.3, -0.25) is 9.59 Å². The Morgan fingerprint density at radius 1 is 0.970 bits per heavy atom. The number of thioether (sulfide) groups is 1. The minimum Gasteiger partial charge on any atom is -0.454 e. The van der Waals surface area contributed by atoms with Crippen molar-refractivity contribution < 1.29 is 33.0 Å². The number of hydrogen-bond donors (Lipinski definition) is 1. The van der Waals surface area contributed by atoms with Gasteiger partial charge in [-0.15, -0.1) is 11.8 Å². The summed E-state index contributed by atoms with van der Waals surface area (Å²) in [4.78, 5) is 37.6. The predicted molar refractivity (Wildman–Crippen MR) is 119 cm³/mol. The third kappa shape index (κ3) is 5.69. The molecular weight excluding hydrogens is 449 g/mol. The highest BCUT2D eigenvalue weighted by molar-refractivity contribution is 8.00. The van der Waals surface area contributed by atoms with Crippen LogP contribution < -0.4 is 14.8 Å². The fourth-order valence-electron chi connectivity index (χ4n) is 3.00. The van der Waals surface area contributed by atoms with Crippen LogP contribution in [-0.2, 0) is 9.53 Å². The number of carbonyl (C=O) groups excluding carboxylic acids is 3. The molecule has 9 heteroatoms. The number of ketones is 1. The molecule has 7 nitrogen and oxygen atoms in total. The largest absolute Gasteiger partial charge is 0.454 e. The van der Waals surface area contributed by atoms with Gasteiger partial charge in [0, 0.05) is 22.2 Å². The van der Waals surface area contributed by atoms with E-state index in [1.807, 2.05) is 0 Å². The zero-order valence-electron chi connectivity index (χ0n) is 17.2. The Kier molecular flexibility index (Phi) is 6.89. The number of ether oxygens (including phenoxy) is 3. The van der Waals surface area contributed by atoms with Crippen LogP contribution >= 0.6 is 11.8 Å². The molecule has 0 aromatic heterocycles. The molecule has 3 aromatic carbocycles. The average Bonchev–Trinajstić information content (AvgIpc) is 3.29. The molecule has 0 saturated heterocycles. The van der Waals surface area contributed by atoms with E-state index < -0.39 is 24.2 Å². The summed E-state index contributed by atoms with van der Waals surface area (Å²) in [5.41, 5.74) is 1.05. The van der Waals surface area contributed by atoms with Crippen LogP contribution in [0.3, 0.4) is 0 Å². The van der Waals surface area contributed by atoms with Crippen molar-refractivity contribution in [1.29, 1.82) is 0 Å². The summed E-state index contributed by atoms with van der Waals surface area (Å²) in [6.07, 6.45) is 0. The predicted octanol–water partition coefficient (Wildman–Crippen LogP) is 4.32. The normalized spacial score (nSPS) is 11.7. The summed E-state index contributed by atoms with van der Waals surface area (Å²) < 4.78 is 28.7. The van der Waals surface area contributed by atoms with Gasteiger partial charge in [0.15, 0.2) is 23.9 Å². The number of fused-ring (bicyclic) bond motifs is 1. The van der Waals surface area contributed by atoms with E-state index in [0.29, 0.717) is 22.1 Å². The quantitative estimate of drug-likeness (QED) is 0.300. The summed E-state index contributed by atoms with van der Waals surface area (Å²) >= 11 is 1.17. The van der Waals surface area contributed by atoms with Gasteiger partial charge in [-0.25, -0.2) is 9.18 Å². The van der Waals surface area contributed by atoms with Gasteiger partial charge in [0.1, 0.15) is 5.82 Å². The number of amides is 1. The van der Waals surface area contributed by atoms with Crippen molar-refractivity contribution >= 4 is 35.1 Å². The monoisotopic (exact) mass is 467 g/mol. The van der Waals surface area contributed by atoms with Gasteiger partial charge >= 0.3 is 5.97 Å². The maximum atomic E-state index is 13.0. The second kappa shape index (κ2) is 10.2. The van der Waals surface area contributed by atoms with Gasteiger partial charge in [-0.2, -0.15) is 0 Å². The maximum absolute atomic E-state index is 13.0. The van der Waals surface area contributed by atoms with Crippen LogP contribution in [0.1, 0.15) is 20.7 Å². The second-order valence-corrected chi connectivity index (χ2v) is 7.92. The third-order valence-electron chi connectivity index (χ3n) is 4.62. The number of carbonyl (C=O) groups is 3. The first-order valence-corrected chi connectivity index (χ1v) is 10.9. The van der Waals surface area contributed by atoms with E-state index in [2.05, 4.69) is 5.32 Å². The highest BCUT2D eigenvalue weighted by atomic mass is 32.2. The summed E-state index contributed by atoms with van der Waals surface area (Å²) in [5, 5.41) is 2.77. The molecule has 1 aliphatic heterocycles. The fourth-order valence-corrected chi connectivity index (χ4v) is 3.84. The lowest BCUT2D eigenvalue weighted by Crippen LogP contribution is -2.16. The Morgan fingerprint density at radius 2 is 1.73 bits per heavy atom. The second-order valence-electron chi connectivity index (χ2n) is 6.91. The van der Waals surface area contributed by atoms with Crippen molar-refractivity contribution in [3.63, 3.8) is 0 Å². The first-order valence-electron chi connectivity index (χ1n) is 9.87. The first-order chi connectivity index (χ1) is 16.0. The highest BCUT2D eigenvalue weighted by Gasteiger charge is 2.17. The van der Waals surface area contributed by atoms with E-state index >= 15 is 0 Å². The van der Waals surface area contributed by atoms with E-state index in [1.165, 1.54) is 23.9 Å². The Balaban J connectivity index is 1.32. The van der Waals surface area contributed by atoms with Crippen LogP contribution in [0.4, 0.5) is 10.1 Å². The molecule has 0 spiro atoms. The molecule has 0 saturated carbocycles. The van der Waals surface area contributed by atoms with Crippen molar-refractivity contribution in [3.05, 3.63) is 83.7 Å². The molecule has 0 aliphatic carbocycles. The zero-order valence-corrected chi connectivity index (χ0v) is 18.0. The Labute approximate surface area is 192 Å². The molecule has 168 valence electrons. The Bertz CT molecular complexity index is 1200. The summed E-state index contributed by atoms with van der Waals surface area (Å²) in [5.74, 6) is -0.642. The van der Waals surface area contributed by atoms with Crippen molar-refractivity contribution in [2.45, 2.75) is 4.90 Å². The van der Waals surface area contributed by atoms with Crippen LogP contribution in [0.25, 0.3) is 0 Å². The number of nitrogens with one attached hydrogen (secondary N) is 1. The zero-order chi connectivity index (χ0) is 23.2. The van der Waals surface area contributed by atoms with Crippen LogP contribution in [0.2, 0.25) is 0 Å². The molecule has 1 heterocycles. The molecule has 3 aromatic rings. The van der Waals surface area contributed by atoms with Crippen LogP contribution in [-0.4, -0.2) is 36.8 Å². The summed E-state index contributed by atoms with van der Waals surface area (Å²) in [7, 11) is 0. The highest BCUT2D eigenvalue weighted by Crippen LogP contribution is 2.34. The van der Waals surface area contributed by atoms with E-state index in [9.17, 15) is 18.8 Å². The van der Waals surface area contributed by atoms with E-state index in [0.717, 1.165) is 12.1 Å². The van der Waals surface area contributed by atoms with E-state index in [-0.39, 0.29) is 29.6 Å². The molecule has 0 atom stereocenters. The smallest absolute Gasteiger partial charge is 0.339 e. The van der Waals surface area contributed by atoms with Gasteiger partial charge in [0.05, 0.1) is 11.3 Å². The SMILES string of the molecule is O=C(CSc1ccccc1C(=O)OCC(=O)c1ccc(F)cc1)Nc1ccc2c(c1)OCO2. The van der Waals surface area contributed by atoms with E-state index in [1.54, 1.807) is 42.5 Å². The van der Waals surface area contributed by atoms with Crippen LogP contribution in [0, 0.1) is 5.82 Å². The molecule has 1 aliphatic rings. The van der Waals surface area contributed by atoms with Crippen LogP contribution in [0.5, 0.6) is 11.5 Å². The minimum absolute atomic E-state index is 0.0489. The molecule has 0 fully saturated rings. The molecule has 0 unspecified atom stereocenters. The standard InChI is InChI=1S/C24H18FNO6S/c25-16-7-5-15(6-8-16)19(27)12-30-24(29)18-3-1-2-4-22(18)33-13-23(28)26-17-9-10-20-21(11-17)32-14-31-20/h1-11H,12-14H2,(H,26,28). The first kappa shape index (κ1) is 22.3. The lowest BCUT2D eigenvalue weighted by molar-refractivity contribution is -0.113. The number of rotatable bonds is 8. The summed E-state index contributed by atoms with van der Waals surface area (Å²) in [6.45, 7) is -0.334. The molecular formula is C24H18FNO6S. The fraction of sp³-hybridized carbons (Fsp3) is 0.125. The molecule has 1 N–H and O–H groups in total. The topological polar surface area (TPSA) is 90.9 Å². The molecule has 0 bridgehead atoms. The minimum atomic E-state index is -0.690. The maximum Gasteiger partial charge on any atom is 0.339 e. The van der Waals surface area contributed by atoms with Gasteiger partial charge in [0.25, 0.3) is 0 Å². The number of halogens is 1. The number of benzene rings is 3. The average molecular weight is 467 g/mol. The van der Waals surface area contributed by atoms with Gasteiger partial charge in [-0.05, 0) is 48.5 Å². The lowest BCUT2D eigenvalue weighted by Gasteiger charge is -2.10. The summed E-state index contributed by atoms with van der Waals surface area (Å²) in [6, 6.07) is 16.7. The van der Waals surface area contributed by atoms with Crippen molar-refractivity contribution in [3.8, 4) is 11.5 Å². The third-order valence-corrected chi connectivity index (χ3v) is 5.70. The van der Waals surface area contributed by atoms with Gasteiger partial charge < -0.3 is 19.5 Å². The number of Topliss-reactive ketones (excluding diaryl/α,β-unsaturated/α-hetero) is 1. The lowest BCUT2D eigenvalue weighted by atomic mass is 10.1. The van der Waals surface area contributed by atoms with Crippen molar-refractivity contribution in [1.82, 2.24) is 0 Å². The molecule has 1 amide bonds. The number of anilines is 1. The Morgan fingerprint density at radius 3 is 2.55 bits per heavy atom. The molecule has 33 heavy (non-hydrogen) atoms. The number of hydrogen-bond acceptors (Lipinski definition) is 7. The molecule has 4 rings (SSSR count). The van der Waals surface area contributed by atoms with Crippen LogP contribution in [0.15, 0.2) is 71.6 Å². The van der Waals surface area contributed by atoms with Crippen molar-refractivity contribution in [2.75, 3.05) is 24.5 Å². The number of esters is 1.